The molecule has 0 unspecified atom stereocenters. The highest BCUT2D eigenvalue weighted by atomic mass is 79.9. The van der Waals surface area contributed by atoms with E-state index in [1.165, 1.54) is 4.90 Å². The van der Waals surface area contributed by atoms with E-state index in [0.29, 0.717) is 24.6 Å². The zero-order valence-electron chi connectivity index (χ0n) is 14.2. The number of rotatable bonds is 1. The predicted molar refractivity (Wildman–Crippen MR) is 95.2 cm³/mol. The summed E-state index contributed by atoms with van der Waals surface area (Å²) >= 11 is 3.41. The number of nitrogens with zero attached hydrogens (tertiary/aromatic N) is 3. The molecule has 130 valence electrons. The van der Waals surface area contributed by atoms with Crippen molar-refractivity contribution in [2.45, 2.75) is 45.6 Å². The fraction of sp³-hybridized carbons (Fsp3) is 0.588. The van der Waals surface area contributed by atoms with E-state index in [4.69, 9.17) is 4.74 Å². The Morgan fingerprint density at radius 2 is 1.92 bits per heavy atom. The number of hydrogen-bond acceptors (Lipinski definition) is 4. The van der Waals surface area contributed by atoms with Crippen molar-refractivity contribution in [2.75, 3.05) is 22.9 Å². The van der Waals surface area contributed by atoms with Crippen LogP contribution in [-0.2, 0) is 9.53 Å². The number of fused-ring (bicyclic) bond motifs is 1. The summed E-state index contributed by atoms with van der Waals surface area (Å²) in [5.41, 5.74) is 0.0873. The molecule has 1 aliphatic heterocycles. The van der Waals surface area contributed by atoms with E-state index < -0.39 is 11.7 Å². The minimum Gasteiger partial charge on any atom is -0.443 e. The van der Waals surface area contributed by atoms with Gasteiger partial charge >= 0.3 is 6.09 Å². The molecule has 2 amide bonds. The van der Waals surface area contributed by atoms with E-state index >= 15 is 0 Å². The first kappa shape index (κ1) is 17.2. The lowest BCUT2D eigenvalue weighted by Gasteiger charge is -2.39. The molecule has 1 aliphatic carbocycles. The summed E-state index contributed by atoms with van der Waals surface area (Å²) in [6, 6.07) is 1.84. The second-order valence-corrected chi connectivity index (χ2v) is 8.16. The Hall–Kier alpha value is -1.63. The Kier molecular flexibility index (Phi) is 4.55. The van der Waals surface area contributed by atoms with Gasteiger partial charge in [0.25, 0.3) is 0 Å². The smallest absolute Gasteiger partial charge is 0.416 e. The van der Waals surface area contributed by atoms with Crippen molar-refractivity contribution < 1.29 is 14.3 Å². The van der Waals surface area contributed by atoms with Crippen molar-refractivity contribution in [3.8, 4) is 0 Å². The number of ether oxygens (including phenoxy) is 1. The third-order valence-electron chi connectivity index (χ3n) is 4.24. The number of anilines is 2. The molecule has 1 saturated carbocycles. The molecule has 0 N–H and O–H groups in total. The van der Waals surface area contributed by atoms with Gasteiger partial charge in [-0.1, -0.05) is 6.42 Å². The summed E-state index contributed by atoms with van der Waals surface area (Å²) in [7, 11) is 0. The van der Waals surface area contributed by atoms with Crippen molar-refractivity contribution in [2.24, 2.45) is 5.92 Å². The summed E-state index contributed by atoms with van der Waals surface area (Å²) in [6.07, 6.45) is 4.20. The van der Waals surface area contributed by atoms with Gasteiger partial charge in [0.1, 0.15) is 5.60 Å². The molecule has 2 aliphatic rings. The van der Waals surface area contributed by atoms with Gasteiger partial charge in [-0.2, -0.15) is 0 Å². The van der Waals surface area contributed by atoms with Crippen LogP contribution in [0.2, 0.25) is 0 Å². The molecule has 0 saturated heterocycles. The lowest BCUT2D eigenvalue weighted by atomic mass is 9.84. The van der Waals surface area contributed by atoms with Crippen LogP contribution in [-0.4, -0.2) is 35.7 Å². The number of carbonyl (C=O) groups is 2. The molecule has 1 fully saturated rings. The van der Waals surface area contributed by atoms with Crippen LogP contribution in [0, 0.1) is 5.92 Å². The Bertz CT molecular complexity index is 668. The molecule has 7 heteroatoms. The van der Waals surface area contributed by atoms with Crippen LogP contribution in [0.25, 0.3) is 0 Å². The van der Waals surface area contributed by atoms with Crippen LogP contribution < -0.4 is 9.80 Å². The minimum atomic E-state index is -0.578. The van der Waals surface area contributed by atoms with Crippen molar-refractivity contribution in [1.82, 2.24) is 4.98 Å². The first-order valence-corrected chi connectivity index (χ1v) is 9.03. The van der Waals surface area contributed by atoms with Gasteiger partial charge in [0, 0.05) is 29.7 Å². The molecular weight excluding hydrogens is 374 g/mol. The van der Waals surface area contributed by atoms with Crippen molar-refractivity contribution >= 4 is 39.4 Å². The van der Waals surface area contributed by atoms with Gasteiger partial charge in [-0.05, 0) is 55.6 Å². The molecule has 0 radical (unpaired) electrons. The van der Waals surface area contributed by atoms with Gasteiger partial charge in [-0.3, -0.25) is 9.69 Å². The molecule has 1 aromatic rings. The SMILES string of the molecule is CC(C)(C)OC(=O)N1CCN(C(=O)C2CCC2)c2cc(Br)cnc21. The Morgan fingerprint density at radius 1 is 1.25 bits per heavy atom. The summed E-state index contributed by atoms with van der Waals surface area (Å²) in [5.74, 6) is 0.711. The Morgan fingerprint density at radius 3 is 2.50 bits per heavy atom. The average Bonchev–Trinajstić information content (AvgIpc) is 2.41. The number of halogens is 1. The zero-order chi connectivity index (χ0) is 17.5. The van der Waals surface area contributed by atoms with Crippen LogP contribution >= 0.6 is 15.9 Å². The molecule has 0 atom stereocenters. The molecule has 2 heterocycles. The Balaban J connectivity index is 1.90. The highest BCUT2D eigenvalue weighted by Gasteiger charge is 2.37. The van der Waals surface area contributed by atoms with Crippen molar-refractivity contribution in [1.29, 1.82) is 0 Å². The molecular formula is C17H22BrN3O3. The van der Waals surface area contributed by atoms with Crippen molar-refractivity contribution in [3.05, 3.63) is 16.7 Å². The highest BCUT2D eigenvalue weighted by Crippen LogP contribution is 2.37. The van der Waals surface area contributed by atoms with E-state index in [0.717, 1.165) is 23.7 Å². The first-order valence-electron chi connectivity index (χ1n) is 8.24. The second-order valence-electron chi connectivity index (χ2n) is 7.25. The summed E-state index contributed by atoms with van der Waals surface area (Å²) < 4.78 is 6.25. The van der Waals surface area contributed by atoms with Gasteiger partial charge in [-0.25, -0.2) is 9.78 Å². The van der Waals surface area contributed by atoms with Gasteiger partial charge in [0.15, 0.2) is 5.82 Å². The van der Waals surface area contributed by atoms with E-state index in [-0.39, 0.29) is 11.8 Å². The van der Waals surface area contributed by atoms with Crippen molar-refractivity contribution in [3.63, 3.8) is 0 Å². The van der Waals surface area contributed by atoms with Crippen LogP contribution in [0.3, 0.4) is 0 Å². The maximum absolute atomic E-state index is 12.7. The lowest BCUT2D eigenvalue weighted by molar-refractivity contribution is -0.124. The normalized spacial score (nSPS) is 18.0. The van der Waals surface area contributed by atoms with E-state index in [1.807, 2.05) is 26.8 Å². The van der Waals surface area contributed by atoms with Crippen LogP contribution in [0.1, 0.15) is 40.0 Å². The average molecular weight is 396 g/mol. The third kappa shape index (κ3) is 3.41. The Labute approximate surface area is 150 Å². The molecule has 6 nitrogen and oxygen atoms in total. The zero-order valence-corrected chi connectivity index (χ0v) is 15.8. The van der Waals surface area contributed by atoms with Crippen LogP contribution in [0.4, 0.5) is 16.3 Å². The fourth-order valence-electron chi connectivity index (χ4n) is 2.85. The summed E-state index contributed by atoms with van der Waals surface area (Å²) in [5, 5.41) is 0. The largest absolute Gasteiger partial charge is 0.443 e. The number of pyridine rings is 1. The molecule has 1 aromatic heterocycles. The molecule has 0 aromatic carbocycles. The number of aromatic nitrogens is 1. The number of hydrogen-bond donors (Lipinski definition) is 0. The molecule has 0 spiro atoms. The molecule has 0 bridgehead atoms. The second kappa shape index (κ2) is 6.35. The predicted octanol–water partition coefficient (Wildman–Crippen LogP) is 3.73. The number of amides is 2. The standard InChI is InChI=1S/C17H22BrN3O3/c1-17(2,3)24-16(23)21-8-7-20(15(22)11-5-4-6-11)13-9-12(18)10-19-14(13)21/h9-11H,4-8H2,1-3H3. The first-order chi connectivity index (χ1) is 11.3. The summed E-state index contributed by atoms with van der Waals surface area (Å²) in [4.78, 5) is 32.8. The quantitative estimate of drug-likeness (QED) is 0.726. The maximum atomic E-state index is 12.7. The fourth-order valence-corrected chi connectivity index (χ4v) is 3.17. The van der Waals surface area contributed by atoms with E-state index in [9.17, 15) is 9.59 Å². The van der Waals surface area contributed by atoms with Gasteiger partial charge in [0.05, 0.1) is 5.69 Å². The van der Waals surface area contributed by atoms with Gasteiger partial charge in [-0.15, -0.1) is 0 Å². The maximum Gasteiger partial charge on any atom is 0.416 e. The van der Waals surface area contributed by atoms with Crippen LogP contribution in [0.5, 0.6) is 0 Å². The summed E-state index contributed by atoms with van der Waals surface area (Å²) in [6.45, 7) is 6.33. The van der Waals surface area contributed by atoms with Gasteiger partial charge < -0.3 is 9.64 Å². The van der Waals surface area contributed by atoms with Gasteiger partial charge in [0.2, 0.25) is 5.91 Å². The number of carbonyl (C=O) groups excluding carboxylic acids is 2. The highest BCUT2D eigenvalue weighted by molar-refractivity contribution is 9.10. The third-order valence-corrected chi connectivity index (χ3v) is 4.68. The molecule has 3 rings (SSSR count). The monoisotopic (exact) mass is 395 g/mol. The molecule has 24 heavy (non-hydrogen) atoms. The topological polar surface area (TPSA) is 62.7 Å². The van der Waals surface area contributed by atoms with E-state index in [1.54, 1.807) is 11.1 Å². The lowest BCUT2D eigenvalue weighted by Crippen LogP contribution is -2.50. The minimum absolute atomic E-state index is 0.102. The van der Waals surface area contributed by atoms with E-state index in [2.05, 4.69) is 20.9 Å². The van der Waals surface area contributed by atoms with Crippen LogP contribution in [0.15, 0.2) is 16.7 Å².